The van der Waals surface area contributed by atoms with Crippen molar-refractivity contribution in [2.24, 2.45) is 0 Å². The summed E-state index contributed by atoms with van der Waals surface area (Å²) in [6.07, 6.45) is 1.30. The highest BCUT2D eigenvalue weighted by Crippen LogP contribution is 2.22. The maximum Gasteiger partial charge on any atom is 0.274 e. The van der Waals surface area contributed by atoms with E-state index in [0.29, 0.717) is 6.61 Å². The Morgan fingerprint density at radius 3 is 2.95 bits per heavy atom. The molecule has 0 spiro atoms. The highest BCUT2D eigenvalue weighted by Gasteiger charge is 2.41. The van der Waals surface area contributed by atoms with Crippen LogP contribution in [0.4, 0.5) is 0 Å². The molecule has 2 N–H and O–H groups in total. The second-order valence-corrected chi connectivity index (χ2v) is 6.81. The lowest BCUT2D eigenvalue weighted by Crippen LogP contribution is -2.65. The van der Waals surface area contributed by atoms with Crippen LogP contribution in [0.25, 0.3) is 0 Å². The number of rotatable bonds is 5. The summed E-state index contributed by atoms with van der Waals surface area (Å²) >= 11 is 0. The predicted octanol–water partition coefficient (Wildman–Crippen LogP) is -0.360. The predicted molar refractivity (Wildman–Crippen MR) is 71.8 cm³/mol. The molecule has 20 heavy (non-hydrogen) atoms. The van der Waals surface area contributed by atoms with Crippen molar-refractivity contribution in [2.45, 2.75) is 23.6 Å². The molecule has 0 saturated carbocycles. The first-order chi connectivity index (χ1) is 9.41. The molecular weight excluding hydrogens is 284 g/mol. The molecule has 1 aromatic rings. The van der Waals surface area contributed by atoms with Crippen molar-refractivity contribution in [1.82, 2.24) is 9.62 Å². The molecule has 2 atom stereocenters. The van der Waals surface area contributed by atoms with E-state index < -0.39 is 15.6 Å². The molecule has 1 fully saturated rings. The first-order valence-electron chi connectivity index (χ1n) is 6.36. The monoisotopic (exact) mass is 304 g/mol. The number of furan rings is 1. The SMILES string of the molecule is C[C@@H]1COC[C@@](CO)(CNS(=O)(=O)c2ccco2)N1C. The minimum Gasteiger partial charge on any atom is -0.452 e. The molecule has 2 rings (SSSR count). The standard InChI is InChI=1S/C12H20N2O5S/c1-10-6-18-9-12(8-15,14(10)2)7-13-20(16,17)11-4-3-5-19-11/h3-5,10,13,15H,6-9H2,1-2H3/t10-,12+/m1/s1. The van der Waals surface area contributed by atoms with Gasteiger partial charge in [-0.05, 0) is 26.1 Å². The van der Waals surface area contributed by atoms with E-state index in [1.165, 1.54) is 18.4 Å². The van der Waals surface area contributed by atoms with Crippen LogP contribution in [0.5, 0.6) is 0 Å². The van der Waals surface area contributed by atoms with Gasteiger partial charge in [0.05, 0.1) is 31.6 Å². The molecule has 0 amide bonds. The van der Waals surface area contributed by atoms with Gasteiger partial charge in [-0.2, -0.15) is 0 Å². The molecule has 0 bridgehead atoms. The van der Waals surface area contributed by atoms with Gasteiger partial charge in [0.25, 0.3) is 10.0 Å². The van der Waals surface area contributed by atoms with Crippen molar-refractivity contribution in [3.8, 4) is 0 Å². The van der Waals surface area contributed by atoms with Gasteiger partial charge in [-0.25, -0.2) is 13.1 Å². The van der Waals surface area contributed by atoms with E-state index in [9.17, 15) is 13.5 Å². The van der Waals surface area contributed by atoms with Crippen molar-refractivity contribution in [3.05, 3.63) is 18.4 Å². The minimum atomic E-state index is -3.72. The fourth-order valence-electron chi connectivity index (χ4n) is 2.21. The van der Waals surface area contributed by atoms with E-state index in [4.69, 9.17) is 9.15 Å². The smallest absolute Gasteiger partial charge is 0.274 e. The Labute approximate surface area is 118 Å². The van der Waals surface area contributed by atoms with Gasteiger partial charge in [0.2, 0.25) is 5.09 Å². The quantitative estimate of drug-likeness (QED) is 0.772. The van der Waals surface area contributed by atoms with Crippen LogP contribution < -0.4 is 4.72 Å². The van der Waals surface area contributed by atoms with Gasteiger partial charge >= 0.3 is 0 Å². The molecule has 1 saturated heterocycles. The molecule has 8 heteroatoms. The van der Waals surface area contributed by atoms with Crippen LogP contribution in [-0.2, 0) is 14.8 Å². The molecule has 7 nitrogen and oxygen atoms in total. The molecule has 1 aliphatic heterocycles. The fourth-order valence-corrected chi connectivity index (χ4v) is 3.25. The fraction of sp³-hybridized carbons (Fsp3) is 0.667. The lowest BCUT2D eigenvalue weighted by molar-refractivity contribution is -0.104. The van der Waals surface area contributed by atoms with Crippen LogP contribution in [-0.4, -0.2) is 63.4 Å². The third-order valence-electron chi connectivity index (χ3n) is 3.78. The number of likely N-dealkylation sites (N-methyl/N-ethyl adjacent to an activating group) is 1. The van der Waals surface area contributed by atoms with Crippen molar-refractivity contribution in [3.63, 3.8) is 0 Å². The number of nitrogens with zero attached hydrogens (tertiary/aromatic N) is 1. The first-order valence-corrected chi connectivity index (χ1v) is 7.84. The summed E-state index contributed by atoms with van der Waals surface area (Å²) in [4.78, 5) is 1.95. The summed E-state index contributed by atoms with van der Waals surface area (Å²) in [5.41, 5.74) is -0.767. The minimum absolute atomic E-state index is 0.0490. The topological polar surface area (TPSA) is 92.0 Å². The van der Waals surface area contributed by atoms with Crippen LogP contribution in [0.1, 0.15) is 6.92 Å². The van der Waals surface area contributed by atoms with Gasteiger partial charge in [0.15, 0.2) is 0 Å². The van der Waals surface area contributed by atoms with Gasteiger partial charge in [-0.15, -0.1) is 0 Å². The van der Waals surface area contributed by atoms with E-state index in [0.717, 1.165) is 0 Å². The lowest BCUT2D eigenvalue weighted by Gasteiger charge is -2.47. The molecule has 0 radical (unpaired) electrons. The summed E-state index contributed by atoms with van der Waals surface area (Å²) in [5, 5.41) is 9.54. The summed E-state index contributed by atoms with van der Waals surface area (Å²) in [5.74, 6) is 0. The number of aliphatic hydroxyl groups is 1. The number of aliphatic hydroxyl groups excluding tert-OH is 1. The zero-order valence-corrected chi connectivity index (χ0v) is 12.4. The number of sulfonamides is 1. The van der Waals surface area contributed by atoms with Crippen molar-refractivity contribution >= 4 is 10.0 Å². The van der Waals surface area contributed by atoms with Crippen LogP contribution in [0.2, 0.25) is 0 Å². The van der Waals surface area contributed by atoms with Gasteiger partial charge in [0.1, 0.15) is 0 Å². The number of hydrogen-bond donors (Lipinski definition) is 2. The largest absolute Gasteiger partial charge is 0.452 e. The van der Waals surface area contributed by atoms with Crippen molar-refractivity contribution in [2.75, 3.05) is 33.4 Å². The summed E-state index contributed by atoms with van der Waals surface area (Å²) in [7, 11) is -1.86. The Hall–Kier alpha value is -0.930. The van der Waals surface area contributed by atoms with Crippen molar-refractivity contribution < 1.29 is 22.7 Å². The van der Waals surface area contributed by atoms with E-state index >= 15 is 0 Å². The number of ether oxygens (including phenoxy) is 1. The third-order valence-corrected chi connectivity index (χ3v) is 5.07. The molecule has 114 valence electrons. The Balaban J connectivity index is 2.11. The normalized spacial score (nSPS) is 28.6. The molecule has 0 unspecified atom stereocenters. The molecule has 2 heterocycles. The number of nitrogens with one attached hydrogen (secondary N) is 1. The van der Waals surface area contributed by atoms with Crippen LogP contribution in [0.3, 0.4) is 0 Å². The van der Waals surface area contributed by atoms with E-state index in [1.54, 1.807) is 0 Å². The van der Waals surface area contributed by atoms with E-state index in [2.05, 4.69) is 4.72 Å². The average Bonchev–Trinajstić information content (AvgIpc) is 2.96. The second kappa shape index (κ2) is 5.82. The van der Waals surface area contributed by atoms with Crippen LogP contribution in [0.15, 0.2) is 27.9 Å². The van der Waals surface area contributed by atoms with Gasteiger partial charge < -0.3 is 14.3 Å². The van der Waals surface area contributed by atoms with Gasteiger partial charge in [0, 0.05) is 12.6 Å². The Morgan fingerprint density at radius 2 is 2.35 bits per heavy atom. The maximum absolute atomic E-state index is 12.0. The summed E-state index contributed by atoms with van der Waals surface area (Å²) in [6, 6.07) is 2.98. The number of hydrogen-bond acceptors (Lipinski definition) is 6. The summed E-state index contributed by atoms with van der Waals surface area (Å²) < 4.78 is 36.9. The third kappa shape index (κ3) is 2.89. The van der Waals surface area contributed by atoms with Gasteiger partial charge in [-0.1, -0.05) is 0 Å². The lowest BCUT2D eigenvalue weighted by atomic mass is 9.96. The second-order valence-electron chi connectivity index (χ2n) is 5.11. The van der Waals surface area contributed by atoms with E-state index in [-0.39, 0.29) is 30.9 Å². The average molecular weight is 304 g/mol. The summed E-state index contributed by atoms with van der Waals surface area (Å²) in [6.45, 7) is 2.64. The molecular formula is C12H20N2O5S. The zero-order chi connectivity index (χ0) is 14.8. The Bertz CT molecular complexity index is 530. The van der Waals surface area contributed by atoms with Crippen LogP contribution in [0, 0.1) is 0 Å². The van der Waals surface area contributed by atoms with E-state index in [1.807, 2.05) is 18.9 Å². The zero-order valence-electron chi connectivity index (χ0n) is 11.6. The highest BCUT2D eigenvalue weighted by molar-refractivity contribution is 7.89. The van der Waals surface area contributed by atoms with Gasteiger partial charge in [-0.3, -0.25) is 4.90 Å². The molecule has 0 aromatic carbocycles. The highest BCUT2D eigenvalue weighted by atomic mass is 32.2. The molecule has 0 aliphatic carbocycles. The Morgan fingerprint density at radius 1 is 1.60 bits per heavy atom. The first kappa shape index (κ1) is 15.5. The molecule has 1 aliphatic rings. The Kier molecular flexibility index (Phi) is 4.50. The maximum atomic E-state index is 12.0. The molecule has 1 aromatic heterocycles. The number of morpholine rings is 1. The van der Waals surface area contributed by atoms with Crippen molar-refractivity contribution in [1.29, 1.82) is 0 Å². The van der Waals surface area contributed by atoms with Crippen LogP contribution >= 0.6 is 0 Å².